The van der Waals surface area contributed by atoms with Crippen LogP contribution in [0.4, 0.5) is 8.78 Å². The maximum absolute atomic E-state index is 14.0. The number of benzene rings is 1. The zero-order valence-corrected chi connectivity index (χ0v) is 13.4. The van der Waals surface area contributed by atoms with Crippen molar-refractivity contribution in [2.24, 2.45) is 0 Å². The van der Waals surface area contributed by atoms with Crippen molar-refractivity contribution >= 4 is 21.8 Å². The van der Waals surface area contributed by atoms with Gasteiger partial charge in [-0.3, -0.25) is 9.69 Å². The van der Waals surface area contributed by atoms with Gasteiger partial charge < -0.3 is 4.90 Å². The summed E-state index contributed by atoms with van der Waals surface area (Å²) < 4.78 is 28.3. The van der Waals surface area contributed by atoms with E-state index in [1.165, 1.54) is 0 Å². The zero-order valence-electron chi connectivity index (χ0n) is 11.8. The first-order valence-corrected chi connectivity index (χ1v) is 7.96. The molecule has 2 aliphatic rings. The van der Waals surface area contributed by atoms with E-state index in [2.05, 4.69) is 20.8 Å². The summed E-state index contributed by atoms with van der Waals surface area (Å²) in [5.74, 6) is -2.17. The van der Waals surface area contributed by atoms with Gasteiger partial charge in [-0.1, -0.05) is 15.9 Å². The standard InChI is InChI=1S/C15H17BrF2N2O/c1-9-7-19-4-2-3-11(19)8-20(9)15(21)14-12(17)5-10(16)6-13(14)18/h5-6,9,11H,2-4,7-8H2,1H3. The minimum absolute atomic E-state index is 0.0331. The summed E-state index contributed by atoms with van der Waals surface area (Å²) in [6.45, 7) is 4.31. The molecule has 2 fully saturated rings. The predicted molar refractivity (Wildman–Crippen MR) is 79.2 cm³/mol. The fourth-order valence-electron chi connectivity index (χ4n) is 3.36. The number of nitrogens with zero attached hydrogens (tertiary/aromatic N) is 2. The molecule has 1 aromatic rings. The first kappa shape index (κ1) is 14.9. The second kappa shape index (κ2) is 5.65. The summed E-state index contributed by atoms with van der Waals surface area (Å²) in [5, 5.41) is 0. The minimum atomic E-state index is -0.812. The van der Waals surface area contributed by atoms with Crippen LogP contribution in [0.2, 0.25) is 0 Å². The van der Waals surface area contributed by atoms with Crippen LogP contribution in [0.3, 0.4) is 0 Å². The van der Waals surface area contributed by atoms with Crippen molar-refractivity contribution in [1.29, 1.82) is 0 Å². The Labute approximate surface area is 131 Å². The molecule has 2 aliphatic heterocycles. The molecular weight excluding hydrogens is 342 g/mol. The molecule has 2 heterocycles. The fraction of sp³-hybridized carbons (Fsp3) is 0.533. The number of halogens is 3. The normalized spacial score (nSPS) is 26.0. The molecule has 2 unspecified atom stereocenters. The van der Waals surface area contributed by atoms with Gasteiger partial charge in [0.25, 0.3) is 5.91 Å². The topological polar surface area (TPSA) is 23.6 Å². The summed E-state index contributed by atoms with van der Waals surface area (Å²) in [7, 11) is 0. The molecular formula is C15H17BrF2N2O. The molecule has 0 N–H and O–H groups in total. The van der Waals surface area contributed by atoms with E-state index in [-0.39, 0.29) is 6.04 Å². The van der Waals surface area contributed by atoms with Crippen LogP contribution >= 0.6 is 15.9 Å². The van der Waals surface area contributed by atoms with Gasteiger partial charge in [0.15, 0.2) is 0 Å². The highest BCUT2D eigenvalue weighted by molar-refractivity contribution is 9.10. The third-order valence-electron chi connectivity index (χ3n) is 4.42. The van der Waals surface area contributed by atoms with Crippen molar-refractivity contribution in [2.45, 2.75) is 31.8 Å². The molecule has 0 spiro atoms. The van der Waals surface area contributed by atoms with E-state index in [0.717, 1.165) is 38.1 Å². The SMILES string of the molecule is CC1CN2CCCC2CN1C(=O)c1c(F)cc(Br)cc1F. The number of hydrogen-bond donors (Lipinski definition) is 0. The average molecular weight is 359 g/mol. The maximum atomic E-state index is 14.0. The van der Waals surface area contributed by atoms with Gasteiger partial charge in [-0.15, -0.1) is 0 Å². The Balaban J connectivity index is 1.88. The maximum Gasteiger partial charge on any atom is 0.260 e. The van der Waals surface area contributed by atoms with Crippen molar-refractivity contribution in [2.75, 3.05) is 19.6 Å². The number of hydrogen-bond acceptors (Lipinski definition) is 2. The molecule has 0 radical (unpaired) electrons. The molecule has 0 saturated carbocycles. The second-order valence-corrected chi connectivity index (χ2v) is 6.76. The highest BCUT2D eigenvalue weighted by Gasteiger charge is 2.38. The Morgan fingerprint density at radius 3 is 2.62 bits per heavy atom. The molecule has 21 heavy (non-hydrogen) atoms. The molecule has 1 amide bonds. The zero-order chi connectivity index (χ0) is 15.1. The molecule has 0 aliphatic carbocycles. The third-order valence-corrected chi connectivity index (χ3v) is 4.88. The summed E-state index contributed by atoms with van der Waals surface area (Å²) >= 11 is 3.03. The predicted octanol–water partition coefficient (Wildman–Crippen LogP) is 3.04. The molecule has 114 valence electrons. The lowest BCUT2D eigenvalue weighted by molar-refractivity contribution is 0.0387. The van der Waals surface area contributed by atoms with Gasteiger partial charge in [-0.2, -0.15) is 0 Å². The van der Waals surface area contributed by atoms with Gasteiger partial charge in [0.1, 0.15) is 17.2 Å². The Morgan fingerprint density at radius 2 is 1.95 bits per heavy atom. The smallest absolute Gasteiger partial charge is 0.260 e. The second-order valence-electron chi connectivity index (χ2n) is 5.84. The van der Waals surface area contributed by atoms with Crippen LogP contribution in [0.1, 0.15) is 30.1 Å². The van der Waals surface area contributed by atoms with Crippen LogP contribution in [0, 0.1) is 11.6 Å². The number of rotatable bonds is 1. The Morgan fingerprint density at radius 1 is 1.29 bits per heavy atom. The summed E-state index contributed by atoms with van der Waals surface area (Å²) in [4.78, 5) is 16.5. The fourth-order valence-corrected chi connectivity index (χ4v) is 3.76. The lowest BCUT2D eigenvalue weighted by Gasteiger charge is -2.42. The molecule has 0 bridgehead atoms. The molecule has 3 rings (SSSR count). The Bertz CT molecular complexity index is 558. The van der Waals surface area contributed by atoms with Crippen molar-refractivity contribution in [3.8, 4) is 0 Å². The van der Waals surface area contributed by atoms with Crippen LogP contribution in [-0.4, -0.2) is 47.4 Å². The van der Waals surface area contributed by atoms with Crippen molar-refractivity contribution in [3.05, 3.63) is 33.8 Å². The molecule has 1 aromatic carbocycles. The van der Waals surface area contributed by atoms with Crippen LogP contribution in [-0.2, 0) is 0 Å². The van der Waals surface area contributed by atoms with E-state index in [1.54, 1.807) is 4.90 Å². The van der Waals surface area contributed by atoms with Gasteiger partial charge in [0, 0.05) is 29.6 Å². The molecule has 2 atom stereocenters. The number of amides is 1. The van der Waals surface area contributed by atoms with Crippen LogP contribution in [0.15, 0.2) is 16.6 Å². The van der Waals surface area contributed by atoms with Gasteiger partial charge in [0.2, 0.25) is 0 Å². The first-order valence-electron chi connectivity index (χ1n) is 7.17. The van der Waals surface area contributed by atoms with Crippen LogP contribution < -0.4 is 0 Å². The Kier molecular flexibility index (Phi) is 4.01. The number of piperazine rings is 1. The molecule has 3 nitrogen and oxygen atoms in total. The number of carbonyl (C=O) groups excluding carboxylic acids is 1. The van der Waals surface area contributed by atoms with Gasteiger partial charge in [-0.25, -0.2) is 8.78 Å². The molecule has 0 aromatic heterocycles. The third kappa shape index (κ3) is 2.71. The number of carbonyl (C=O) groups is 1. The highest BCUT2D eigenvalue weighted by atomic mass is 79.9. The van der Waals surface area contributed by atoms with Crippen molar-refractivity contribution in [1.82, 2.24) is 9.80 Å². The van der Waals surface area contributed by atoms with E-state index in [0.29, 0.717) is 17.1 Å². The van der Waals surface area contributed by atoms with Crippen molar-refractivity contribution < 1.29 is 13.6 Å². The number of fused-ring (bicyclic) bond motifs is 1. The van der Waals surface area contributed by atoms with Crippen molar-refractivity contribution in [3.63, 3.8) is 0 Å². The van der Waals surface area contributed by atoms with Crippen LogP contribution in [0.5, 0.6) is 0 Å². The molecule has 2 saturated heterocycles. The van der Waals surface area contributed by atoms with E-state index in [1.807, 2.05) is 6.92 Å². The van der Waals surface area contributed by atoms with Gasteiger partial charge >= 0.3 is 0 Å². The Hall–Kier alpha value is -1.01. The van der Waals surface area contributed by atoms with Gasteiger partial charge in [0.05, 0.1) is 0 Å². The molecule has 6 heteroatoms. The average Bonchev–Trinajstić information content (AvgIpc) is 2.83. The summed E-state index contributed by atoms with van der Waals surface area (Å²) in [6.07, 6.45) is 2.17. The quantitative estimate of drug-likeness (QED) is 0.770. The first-order chi connectivity index (χ1) is 9.97. The van der Waals surface area contributed by atoms with E-state index < -0.39 is 23.1 Å². The van der Waals surface area contributed by atoms with E-state index in [4.69, 9.17) is 0 Å². The van der Waals surface area contributed by atoms with Crippen LogP contribution in [0.25, 0.3) is 0 Å². The highest BCUT2D eigenvalue weighted by Crippen LogP contribution is 2.27. The largest absolute Gasteiger partial charge is 0.333 e. The lowest BCUT2D eigenvalue weighted by atomic mass is 10.1. The summed E-state index contributed by atoms with van der Waals surface area (Å²) in [6, 6.07) is 2.56. The van der Waals surface area contributed by atoms with E-state index >= 15 is 0 Å². The summed E-state index contributed by atoms with van der Waals surface area (Å²) in [5.41, 5.74) is -0.448. The lowest BCUT2D eigenvalue weighted by Crippen LogP contribution is -2.57. The monoisotopic (exact) mass is 358 g/mol. The van der Waals surface area contributed by atoms with E-state index in [9.17, 15) is 13.6 Å². The van der Waals surface area contributed by atoms with Gasteiger partial charge in [-0.05, 0) is 38.4 Å². The minimum Gasteiger partial charge on any atom is -0.333 e.